The van der Waals surface area contributed by atoms with Gasteiger partial charge in [0.15, 0.2) is 0 Å². The maximum absolute atomic E-state index is 2.46. The summed E-state index contributed by atoms with van der Waals surface area (Å²) >= 11 is 1.87. The van der Waals surface area contributed by atoms with Crippen molar-refractivity contribution in [3.05, 3.63) is 164 Å². The second-order valence-electron chi connectivity index (χ2n) is 11.4. The molecule has 0 radical (unpaired) electrons. The van der Waals surface area contributed by atoms with Crippen LogP contribution in [0.1, 0.15) is 0 Å². The molecule has 44 heavy (non-hydrogen) atoms. The molecule has 1 heterocycles. The average molecular weight is 578 g/mol. The molecule has 0 saturated heterocycles. The van der Waals surface area contributed by atoms with E-state index in [0.717, 1.165) is 11.4 Å². The lowest BCUT2D eigenvalue weighted by molar-refractivity contribution is 1.31. The van der Waals surface area contributed by atoms with E-state index in [4.69, 9.17) is 0 Å². The number of thiophene rings is 1. The summed E-state index contributed by atoms with van der Waals surface area (Å²) in [5.74, 6) is 0. The highest BCUT2D eigenvalue weighted by molar-refractivity contribution is 7.25. The average Bonchev–Trinajstić information content (AvgIpc) is 3.47. The van der Waals surface area contributed by atoms with Crippen molar-refractivity contribution in [2.45, 2.75) is 0 Å². The standard InChI is InChI=1S/C42H27NS/c1-2-10-28(11-3-1)32-14-8-15-33(26-32)43(34-24-25-37-36-17-6-7-19-39(36)44-40(37)27-34)38-18-9-13-30-22-23-31-21-20-29-12-4-5-16-35(29)41(31)42(30)38/h1-27H. The van der Waals surface area contributed by atoms with E-state index in [1.165, 1.54) is 69.3 Å². The minimum atomic E-state index is 1.14. The highest BCUT2D eigenvalue weighted by Crippen LogP contribution is 2.45. The zero-order valence-electron chi connectivity index (χ0n) is 23.9. The Morgan fingerprint density at radius 2 is 1.00 bits per heavy atom. The molecule has 0 N–H and O–H groups in total. The summed E-state index contributed by atoms with van der Waals surface area (Å²) in [5.41, 5.74) is 5.88. The molecule has 206 valence electrons. The fourth-order valence-electron chi connectivity index (χ4n) is 6.78. The van der Waals surface area contributed by atoms with E-state index < -0.39 is 0 Å². The minimum absolute atomic E-state index is 1.14. The third kappa shape index (κ3) is 4.00. The Hall–Kier alpha value is -5.44. The van der Waals surface area contributed by atoms with Crippen LogP contribution in [0, 0.1) is 0 Å². The summed E-state index contributed by atoms with van der Waals surface area (Å²) in [6.07, 6.45) is 0. The van der Waals surface area contributed by atoms with Gasteiger partial charge in [0.2, 0.25) is 0 Å². The van der Waals surface area contributed by atoms with Crippen molar-refractivity contribution in [2.75, 3.05) is 4.90 Å². The molecule has 9 rings (SSSR count). The first-order chi connectivity index (χ1) is 21.8. The van der Waals surface area contributed by atoms with Crippen LogP contribution in [0.25, 0.3) is 63.6 Å². The topological polar surface area (TPSA) is 3.24 Å². The highest BCUT2D eigenvalue weighted by atomic mass is 32.1. The number of hydrogen-bond donors (Lipinski definition) is 0. The molecule has 0 fully saturated rings. The van der Waals surface area contributed by atoms with Gasteiger partial charge < -0.3 is 4.90 Å². The second-order valence-corrected chi connectivity index (χ2v) is 12.4. The van der Waals surface area contributed by atoms with Gasteiger partial charge in [-0.1, -0.05) is 127 Å². The van der Waals surface area contributed by atoms with E-state index >= 15 is 0 Å². The number of rotatable bonds is 4. The normalized spacial score (nSPS) is 11.6. The van der Waals surface area contributed by atoms with E-state index in [9.17, 15) is 0 Å². The monoisotopic (exact) mass is 577 g/mol. The number of hydrogen-bond acceptors (Lipinski definition) is 2. The van der Waals surface area contributed by atoms with Crippen molar-refractivity contribution in [1.29, 1.82) is 0 Å². The molecular formula is C42H27NS. The first-order valence-corrected chi connectivity index (χ1v) is 15.8. The molecule has 0 bridgehead atoms. The SMILES string of the molecule is c1ccc(-c2cccc(N(c3ccc4c(c3)sc3ccccc34)c3cccc4ccc5ccc6ccccc6c5c34)c2)cc1. The van der Waals surface area contributed by atoms with E-state index in [1.807, 2.05) is 11.3 Å². The largest absolute Gasteiger partial charge is 0.310 e. The molecule has 0 atom stereocenters. The van der Waals surface area contributed by atoms with Gasteiger partial charge in [0.05, 0.1) is 5.69 Å². The summed E-state index contributed by atoms with van der Waals surface area (Å²) in [6, 6.07) is 59.8. The first kappa shape index (κ1) is 25.1. The van der Waals surface area contributed by atoms with Crippen molar-refractivity contribution in [1.82, 2.24) is 0 Å². The third-order valence-corrected chi connectivity index (χ3v) is 9.93. The van der Waals surface area contributed by atoms with Crippen molar-refractivity contribution in [2.24, 2.45) is 0 Å². The smallest absolute Gasteiger partial charge is 0.0546 e. The van der Waals surface area contributed by atoms with Gasteiger partial charge in [0, 0.05) is 36.9 Å². The summed E-state index contributed by atoms with van der Waals surface area (Å²) in [7, 11) is 0. The van der Waals surface area contributed by atoms with Crippen LogP contribution < -0.4 is 4.90 Å². The summed E-state index contributed by atoms with van der Waals surface area (Å²) in [6.45, 7) is 0. The molecule has 1 aromatic heterocycles. The Morgan fingerprint density at radius 1 is 0.364 bits per heavy atom. The predicted octanol–water partition coefficient (Wildman–Crippen LogP) is 12.7. The number of fused-ring (bicyclic) bond motifs is 8. The molecule has 8 aromatic carbocycles. The van der Waals surface area contributed by atoms with Gasteiger partial charge in [-0.2, -0.15) is 0 Å². The van der Waals surface area contributed by atoms with Gasteiger partial charge in [-0.05, 0) is 74.5 Å². The minimum Gasteiger partial charge on any atom is -0.310 e. The van der Waals surface area contributed by atoms with Gasteiger partial charge in [-0.25, -0.2) is 0 Å². The van der Waals surface area contributed by atoms with E-state index in [1.54, 1.807) is 0 Å². The van der Waals surface area contributed by atoms with Crippen LogP contribution in [0.2, 0.25) is 0 Å². The van der Waals surface area contributed by atoms with E-state index in [-0.39, 0.29) is 0 Å². The lowest BCUT2D eigenvalue weighted by atomic mass is 9.94. The first-order valence-electron chi connectivity index (χ1n) is 15.0. The molecule has 1 nitrogen and oxygen atoms in total. The van der Waals surface area contributed by atoms with Gasteiger partial charge in [0.25, 0.3) is 0 Å². The Kier molecular flexibility index (Phi) is 5.75. The highest BCUT2D eigenvalue weighted by Gasteiger charge is 2.19. The van der Waals surface area contributed by atoms with Crippen LogP contribution >= 0.6 is 11.3 Å². The third-order valence-electron chi connectivity index (χ3n) is 8.80. The molecule has 0 saturated carbocycles. The molecule has 0 spiro atoms. The Bertz CT molecular complexity index is 2500. The lowest BCUT2D eigenvalue weighted by Gasteiger charge is -2.28. The van der Waals surface area contributed by atoms with Crippen LogP contribution in [-0.4, -0.2) is 0 Å². The van der Waals surface area contributed by atoms with Crippen LogP contribution in [0.3, 0.4) is 0 Å². The molecule has 9 aromatic rings. The van der Waals surface area contributed by atoms with Crippen molar-refractivity contribution in [3.8, 4) is 11.1 Å². The van der Waals surface area contributed by atoms with Crippen LogP contribution in [0.5, 0.6) is 0 Å². The summed E-state index contributed by atoms with van der Waals surface area (Å²) in [5, 5.41) is 10.2. The number of nitrogens with zero attached hydrogens (tertiary/aromatic N) is 1. The lowest BCUT2D eigenvalue weighted by Crippen LogP contribution is -2.10. The van der Waals surface area contributed by atoms with Gasteiger partial charge >= 0.3 is 0 Å². The van der Waals surface area contributed by atoms with Crippen LogP contribution in [-0.2, 0) is 0 Å². The Labute approximate surface area is 259 Å². The van der Waals surface area contributed by atoms with Crippen LogP contribution in [0.15, 0.2) is 164 Å². The van der Waals surface area contributed by atoms with Gasteiger partial charge in [-0.3, -0.25) is 0 Å². The van der Waals surface area contributed by atoms with Crippen molar-refractivity contribution in [3.63, 3.8) is 0 Å². The molecule has 0 amide bonds. The Balaban J connectivity index is 1.37. The quantitative estimate of drug-likeness (QED) is 0.188. The fraction of sp³-hybridized carbons (Fsp3) is 0. The summed E-state index contributed by atoms with van der Waals surface area (Å²) in [4.78, 5) is 2.46. The molecule has 0 aliphatic carbocycles. The van der Waals surface area contributed by atoms with Crippen molar-refractivity contribution >= 4 is 80.9 Å². The Morgan fingerprint density at radius 3 is 1.89 bits per heavy atom. The zero-order valence-corrected chi connectivity index (χ0v) is 24.8. The van der Waals surface area contributed by atoms with Crippen LogP contribution in [0.4, 0.5) is 17.1 Å². The molecule has 0 aliphatic rings. The van der Waals surface area contributed by atoms with Gasteiger partial charge in [-0.15, -0.1) is 11.3 Å². The van der Waals surface area contributed by atoms with Gasteiger partial charge in [0.1, 0.15) is 0 Å². The zero-order chi connectivity index (χ0) is 29.0. The maximum atomic E-state index is 2.46. The van der Waals surface area contributed by atoms with E-state index in [0.29, 0.717) is 0 Å². The predicted molar refractivity (Wildman–Crippen MR) is 192 cm³/mol. The molecular weight excluding hydrogens is 551 g/mol. The molecule has 0 unspecified atom stereocenters. The van der Waals surface area contributed by atoms with E-state index in [2.05, 4.69) is 169 Å². The number of benzene rings is 8. The van der Waals surface area contributed by atoms with Crippen molar-refractivity contribution < 1.29 is 0 Å². The second kappa shape index (κ2) is 10.1. The maximum Gasteiger partial charge on any atom is 0.0546 e. The molecule has 2 heteroatoms. The molecule has 0 aliphatic heterocycles. The number of anilines is 3. The fourth-order valence-corrected chi connectivity index (χ4v) is 7.92. The summed E-state index contributed by atoms with van der Waals surface area (Å²) < 4.78 is 2.61.